The van der Waals surface area contributed by atoms with Gasteiger partial charge in [0.15, 0.2) is 5.17 Å². The maximum Gasteiger partial charge on any atom is 0.266 e. The molecule has 8 heteroatoms. The summed E-state index contributed by atoms with van der Waals surface area (Å²) < 4.78 is 0. The average Bonchev–Trinajstić information content (AvgIpc) is 2.75. The Balaban J connectivity index is 0.00000264. The van der Waals surface area contributed by atoms with Crippen molar-refractivity contribution in [3.8, 4) is 0 Å². The van der Waals surface area contributed by atoms with Crippen LogP contribution in [0.2, 0.25) is 5.02 Å². The van der Waals surface area contributed by atoms with Crippen molar-refractivity contribution in [2.75, 3.05) is 18.4 Å². The molecule has 0 aliphatic carbocycles. The summed E-state index contributed by atoms with van der Waals surface area (Å²) >= 11 is 7.08. The van der Waals surface area contributed by atoms with Crippen molar-refractivity contribution in [3.05, 3.63) is 40.3 Å². The zero-order chi connectivity index (χ0) is 16.1. The molecule has 0 radical (unpaired) electrons. The highest BCUT2D eigenvalue weighted by molar-refractivity contribution is 8.93. The summed E-state index contributed by atoms with van der Waals surface area (Å²) in [4.78, 5) is 30.5. The van der Waals surface area contributed by atoms with Crippen LogP contribution in [0.25, 0.3) is 0 Å². The van der Waals surface area contributed by atoms with Gasteiger partial charge in [-0.1, -0.05) is 17.7 Å². The highest BCUT2D eigenvalue weighted by Crippen LogP contribution is 2.30. The van der Waals surface area contributed by atoms with E-state index in [0.29, 0.717) is 33.9 Å². The molecule has 1 aromatic rings. The summed E-state index contributed by atoms with van der Waals surface area (Å²) in [6.07, 6.45) is 1.30. The van der Waals surface area contributed by atoms with E-state index in [1.165, 1.54) is 17.8 Å². The van der Waals surface area contributed by atoms with Crippen LogP contribution in [0.4, 0.5) is 5.69 Å². The Kier molecular flexibility index (Phi) is 7.81. The van der Waals surface area contributed by atoms with Gasteiger partial charge in [-0.15, -0.1) is 17.0 Å². The predicted octanol–water partition coefficient (Wildman–Crippen LogP) is 3.71. The van der Waals surface area contributed by atoms with E-state index < -0.39 is 0 Å². The van der Waals surface area contributed by atoms with E-state index in [0.717, 1.165) is 0 Å². The molecule has 1 aromatic carbocycles. The summed E-state index contributed by atoms with van der Waals surface area (Å²) in [5.41, 5.74) is 0.583. The van der Waals surface area contributed by atoms with Crippen molar-refractivity contribution >= 4 is 63.0 Å². The molecule has 124 valence electrons. The van der Waals surface area contributed by atoms with E-state index in [9.17, 15) is 9.59 Å². The Hall–Kier alpha value is -1.31. The Morgan fingerprint density at radius 1 is 1.43 bits per heavy atom. The minimum Gasteiger partial charge on any atom is -0.322 e. The number of nitrogens with zero attached hydrogens (tertiary/aromatic N) is 2. The van der Waals surface area contributed by atoms with E-state index >= 15 is 0 Å². The summed E-state index contributed by atoms with van der Waals surface area (Å²) in [6.45, 7) is 4.89. The molecule has 0 bridgehead atoms. The van der Waals surface area contributed by atoms with Gasteiger partial charge < -0.3 is 5.32 Å². The normalized spacial score (nSPS) is 17.5. The van der Waals surface area contributed by atoms with Gasteiger partial charge in [-0.25, -0.2) is 0 Å². The minimum absolute atomic E-state index is 0. The van der Waals surface area contributed by atoms with Crippen LogP contribution in [0.5, 0.6) is 0 Å². The van der Waals surface area contributed by atoms with Crippen LogP contribution < -0.4 is 5.32 Å². The Morgan fingerprint density at radius 3 is 2.78 bits per heavy atom. The number of carbonyl (C=O) groups excluding carboxylic acids is 2. The standard InChI is InChI=1S/C15H16ClN3O2S.BrH/c1-3-17-15-19(4-2)14(21)12(22-15)9-13(20)18-11-7-5-6-10(16)8-11;/h5-9H,3-4H2,1-2H3,(H,18,20);1H/b12-9-,17-15?;. The molecule has 1 saturated heterocycles. The van der Waals surface area contributed by atoms with Crippen molar-refractivity contribution in [3.63, 3.8) is 0 Å². The molecule has 2 rings (SSSR count). The number of amidine groups is 1. The van der Waals surface area contributed by atoms with E-state index in [1.54, 1.807) is 29.2 Å². The quantitative estimate of drug-likeness (QED) is 0.758. The third-order valence-corrected chi connectivity index (χ3v) is 4.13. The number of halogens is 2. The highest BCUT2D eigenvalue weighted by atomic mass is 79.9. The van der Waals surface area contributed by atoms with Crippen LogP contribution in [0.1, 0.15) is 13.8 Å². The topological polar surface area (TPSA) is 61.8 Å². The first kappa shape index (κ1) is 19.7. The van der Waals surface area contributed by atoms with Crippen LogP contribution in [0.3, 0.4) is 0 Å². The molecule has 1 N–H and O–H groups in total. The zero-order valence-corrected chi connectivity index (χ0v) is 16.0. The molecule has 5 nitrogen and oxygen atoms in total. The molecule has 0 atom stereocenters. The SMILES string of the molecule is Br.CCN=C1S/C(=C\C(=O)Nc2cccc(Cl)c2)C(=O)N1CC. The molecule has 23 heavy (non-hydrogen) atoms. The van der Waals surface area contributed by atoms with Crippen LogP contribution in [0, 0.1) is 0 Å². The van der Waals surface area contributed by atoms with Crippen LogP contribution in [-0.4, -0.2) is 35.0 Å². The molecule has 0 unspecified atom stereocenters. The number of rotatable bonds is 4. The number of anilines is 1. The van der Waals surface area contributed by atoms with Crippen LogP contribution >= 0.6 is 40.3 Å². The van der Waals surface area contributed by atoms with Crippen molar-refractivity contribution < 1.29 is 9.59 Å². The first-order chi connectivity index (χ1) is 10.5. The molecule has 1 heterocycles. The van der Waals surface area contributed by atoms with Gasteiger partial charge in [0.25, 0.3) is 5.91 Å². The first-order valence-corrected chi connectivity index (χ1v) is 8.07. The number of benzene rings is 1. The maximum atomic E-state index is 12.2. The fourth-order valence-corrected chi connectivity index (χ4v) is 3.17. The molecule has 0 saturated carbocycles. The lowest BCUT2D eigenvalue weighted by atomic mass is 10.3. The second-order valence-electron chi connectivity index (χ2n) is 4.42. The van der Waals surface area contributed by atoms with Gasteiger partial charge >= 0.3 is 0 Å². The van der Waals surface area contributed by atoms with Crippen LogP contribution in [0.15, 0.2) is 40.2 Å². The van der Waals surface area contributed by atoms with E-state index in [4.69, 9.17) is 11.6 Å². The monoisotopic (exact) mass is 417 g/mol. The second kappa shape index (κ2) is 9.10. The van der Waals surface area contributed by atoms with Gasteiger partial charge in [0.05, 0.1) is 4.91 Å². The van der Waals surface area contributed by atoms with Crippen molar-refractivity contribution in [1.82, 2.24) is 4.90 Å². The molecule has 1 aliphatic heterocycles. The molecule has 2 amide bonds. The largest absolute Gasteiger partial charge is 0.322 e. The number of carbonyl (C=O) groups is 2. The average molecular weight is 419 g/mol. The van der Waals surface area contributed by atoms with Crippen molar-refractivity contribution in [2.45, 2.75) is 13.8 Å². The van der Waals surface area contributed by atoms with Crippen LogP contribution in [-0.2, 0) is 9.59 Å². The molecular formula is C15H17BrClN3O2S. The molecular weight excluding hydrogens is 402 g/mol. The third kappa shape index (κ3) is 5.09. The second-order valence-corrected chi connectivity index (χ2v) is 5.86. The van der Waals surface area contributed by atoms with Crippen molar-refractivity contribution in [1.29, 1.82) is 0 Å². The summed E-state index contributed by atoms with van der Waals surface area (Å²) in [6, 6.07) is 6.84. The highest BCUT2D eigenvalue weighted by Gasteiger charge is 2.32. The Labute approximate surface area is 154 Å². The van der Waals surface area contributed by atoms with E-state index in [1.807, 2.05) is 13.8 Å². The smallest absolute Gasteiger partial charge is 0.266 e. The zero-order valence-electron chi connectivity index (χ0n) is 12.7. The summed E-state index contributed by atoms with van der Waals surface area (Å²) in [5.74, 6) is -0.562. The summed E-state index contributed by atoms with van der Waals surface area (Å²) in [7, 11) is 0. The lowest BCUT2D eigenvalue weighted by Crippen LogP contribution is -2.29. The van der Waals surface area contributed by atoms with E-state index in [-0.39, 0.29) is 28.8 Å². The minimum atomic E-state index is -0.369. The van der Waals surface area contributed by atoms with Gasteiger partial charge in [0, 0.05) is 29.9 Å². The maximum absolute atomic E-state index is 12.2. The molecule has 1 aliphatic rings. The Morgan fingerprint density at radius 2 is 2.17 bits per heavy atom. The van der Waals surface area contributed by atoms with Gasteiger partial charge in [0.2, 0.25) is 5.91 Å². The molecule has 0 spiro atoms. The summed E-state index contributed by atoms with van der Waals surface area (Å²) in [5, 5.41) is 3.86. The predicted molar refractivity (Wildman–Crippen MR) is 101 cm³/mol. The Bertz CT molecular complexity index is 664. The number of nitrogens with one attached hydrogen (secondary N) is 1. The lowest BCUT2D eigenvalue weighted by molar-refractivity contribution is -0.122. The van der Waals surface area contributed by atoms with Crippen molar-refractivity contribution in [2.24, 2.45) is 4.99 Å². The fourth-order valence-electron chi connectivity index (χ4n) is 1.90. The van der Waals surface area contributed by atoms with Gasteiger partial charge in [0.1, 0.15) is 0 Å². The fraction of sp³-hybridized carbons (Fsp3) is 0.267. The number of thioether (sulfide) groups is 1. The first-order valence-electron chi connectivity index (χ1n) is 6.87. The van der Waals surface area contributed by atoms with Gasteiger partial charge in [-0.05, 0) is 43.8 Å². The number of amides is 2. The van der Waals surface area contributed by atoms with E-state index in [2.05, 4.69) is 10.3 Å². The number of likely N-dealkylation sites (N-methyl/N-ethyl adjacent to an activating group) is 1. The third-order valence-electron chi connectivity index (χ3n) is 2.85. The number of aliphatic imine (C=N–C) groups is 1. The molecule has 1 fully saturated rings. The molecule has 0 aromatic heterocycles. The lowest BCUT2D eigenvalue weighted by Gasteiger charge is -2.11. The van der Waals surface area contributed by atoms with Gasteiger partial charge in [-0.2, -0.15) is 0 Å². The number of hydrogen-bond acceptors (Lipinski definition) is 4. The number of hydrogen-bond donors (Lipinski definition) is 1. The van der Waals surface area contributed by atoms with Gasteiger partial charge in [-0.3, -0.25) is 19.5 Å².